The maximum Gasteiger partial charge on any atom is 0.220 e. The Morgan fingerprint density at radius 1 is 0.451 bits per heavy atom. The van der Waals surface area contributed by atoms with Gasteiger partial charge in [0.25, 0.3) is 0 Å². The molecule has 0 fully saturated rings. The molecule has 0 radical (unpaired) electrons. The van der Waals surface area contributed by atoms with Gasteiger partial charge in [-0.15, -0.1) is 0 Å². The minimum atomic E-state index is -1.14. The summed E-state index contributed by atoms with van der Waals surface area (Å²) < 4.78 is 0.156. The van der Waals surface area contributed by atoms with Crippen molar-refractivity contribution in [2.75, 3.05) is 21.1 Å². The molecule has 0 saturated heterocycles. The summed E-state index contributed by atoms with van der Waals surface area (Å²) in [5.41, 5.74) is 0. The summed E-state index contributed by atoms with van der Waals surface area (Å²) in [6.45, 7) is 8.51. The van der Waals surface area contributed by atoms with Crippen molar-refractivity contribution >= 4 is 17.8 Å². The average Bonchev–Trinajstić information content (AvgIpc) is 3.08. The SMILES string of the molecule is CCCCCCCCCCCCCCCC(=O)NC(CC)C(C(CC)NC(=O)CCCCCCCCCCCCCCC)C(C(=O)[O-])[N+](C)(C)C. The van der Waals surface area contributed by atoms with Crippen LogP contribution >= 0.6 is 0 Å². The highest BCUT2D eigenvalue weighted by Gasteiger charge is 2.43. The standard InChI is InChI=1S/C44H87N3O4/c1-8-12-14-16-18-20-22-24-26-28-30-32-34-36-40(48)45-38(10-3)42(43(44(50)51)47(5,6)7)39(11-4)46-41(49)37-35-33-31-29-27-25-23-21-19-17-15-13-9-2/h38-39,42-43H,8-37H2,1-7H3,(H2-,45,46,48,49,50,51). The number of likely N-dealkylation sites (N-methyl/N-ethyl adjacent to an activating group) is 1. The normalized spacial score (nSPS) is 14.2. The van der Waals surface area contributed by atoms with Gasteiger partial charge in [-0.1, -0.05) is 182 Å². The highest BCUT2D eigenvalue weighted by atomic mass is 16.4. The van der Waals surface area contributed by atoms with Crippen molar-refractivity contribution < 1.29 is 24.0 Å². The van der Waals surface area contributed by atoms with Crippen LogP contribution in [0.15, 0.2) is 0 Å². The number of carbonyl (C=O) groups is 3. The van der Waals surface area contributed by atoms with Gasteiger partial charge in [0.15, 0.2) is 0 Å². The topological polar surface area (TPSA) is 98.3 Å². The molecule has 0 spiro atoms. The van der Waals surface area contributed by atoms with Gasteiger partial charge in [0, 0.05) is 24.9 Å². The van der Waals surface area contributed by atoms with Gasteiger partial charge in [-0.3, -0.25) is 9.59 Å². The van der Waals surface area contributed by atoms with Crippen molar-refractivity contribution in [2.24, 2.45) is 5.92 Å². The van der Waals surface area contributed by atoms with Crippen molar-refractivity contribution in [1.82, 2.24) is 10.6 Å². The predicted molar refractivity (Wildman–Crippen MR) is 215 cm³/mol. The Hall–Kier alpha value is -1.63. The number of aliphatic carboxylic acids is 1. The fraction of sp³-hybridized carbons (Fsp3) is 0.932. The second-order valence-electron chi connectivity index (χ2n) is 16.6. The Morgan fingerprint density at radius 3 is 0.922 bits per heavy atom. The number of unbranched alkanes of at least 4 members (excludes halogenated alkanes) is 24. The Balaban J connectivity index is 4.79. The van der Waals surface area contributed by atoms with Crippen LogP contribution in [0, 0.1) is 5.92 Å². The third-order valence-electron chi connectivity index (χ3n) is 11.0. The number of carbonyl (C=O) groups excluding carboxylic acids is 3. The van der Waals surface area contributed by atoms with Crippen molar-refractivity contribution in [3.8, 4) is 0 Å². The highest BCUT2D eigenvalue weighted by Crippen LogP contribution is 2.26. The lowest BCUT2D eigenvalue weighted by Crippen LogP contribution is -2.66. The minimum absolute atomic E-state index is 0.0263. The summed E-state index contributed by atoms with van der Waals surface area (Å²) in [6, 6.07) is -1.63. The molecular formula is C44H87N3O4. The quantitative estimate of drug-likeness (QED) is 0.0493. The van der Waals surface area contributed by atoms with Gasteiger partial charge in [-0.2, -0.15) is 0 Å². The second-order valence-corrected chi connectivity index (χ2v) is 16.6. The van der Waals surface area contributed by atoms with Crippen LogP contribution < -0.4 is 15.7 Å². The van der Waals surface area contributed by atoms with Gasteiger partial charge in [0.2, 0.25) is 11.8 Å². The molecule has 51 heavy (non-hydrogen) atoms. The molecule has 0 bridgehead atoms. The van der Waals surface area contributed by atoms with E-state index in [1.165, 1.54) is 128 Å². The molecule has 2 N–H and O–H groups in total. The molecule has 7 nitrogen and oxygen atoms in total. The van der Waals surface area contributed by atoms with Crippen LogP contribution in [-0.2, 0) is 14.4 Å². The zero-order chi connectivity index (χ0) is 38.2. The summed E-state index contributed by atoms with van der Waals surface area (Å²) in [6.07, 6.45) is 34.8. The first-order valence-corrected chi connectivity index (χ1v) is 22.1. The zero-order valence-corrected chi connectivity index (χ0v) is 35.1. The minimum Gasteiger partial charge on any atom is -0.544 e. The molecule has 7 heteroatoms. The number of carboxylic acid groups (broad SMARTS) is 1. The molecule has 0 aromatic rings. The van der Waals surface area contributed by atoms with E-state index in [1.807, 2.05) is 35.0 Å². The molecular weight excluding hydrogens is 635 g/mol. The van der Waals surface area contributed by atoms with Crippen LogP contribution in [0.2, 0.25) is 0 Å². The number of quaternary nitrogens is 1. The number of carboxylic acids is 1. The summed E-state index contributed by atoms with van der Waals surface area (Å²) >= 11 is 0. The van der Waals surface area contributed by atoms with Gasteiger partial charge in [-0.05, 0) is 25.7 Å². The smallest absolute Gasteiger partial charge is 0.220 e. The average molecular weight is 722 g/mol. The van der Waals surface area contributed by atoms with E-state index >= 15 is 0 Å². The fourth-order valence-electron chi connectivity index (χ4n) is 7.82. The molecule has 0 aromatic carbocycles. The summed E-state index contributed by atoms with van der Waals surface area (Å²) in [5, 5.41) is 19.1. The molecule has 0 aliphatic heterocycles. The lowest BCUT2D eigenvalue weighted by atomic mass is 9.80. The van der Waals surface area contributed by atoms with E-state index < -0.39 is 17.9 Å². The van der Waals surface area contributed by atoms with Gasteiger partial charge in [0.05, 0.1) is 33.0 Å². The summed E-state index contributed by atoms with van der Waals surface area (Å²) in [4.78, 5) is 39.0. The Morgan fingerprint density at radius 2 is 0.706 bits per heavy atom. The van der Waals surface area contributed by atoms with Gasteiger partial charge in [0.1, 0.15) is 6.04 Å². The fourth-order valence-corrected chi connectivity index (χ4v) is 7.82. The van der Waals surface area contributed by atoms with E-state index in [4.69, 9.17) is 0 Å². The number of hydrogen-bond acceptors (Lipinski definition) is 4. The Kier molecular flexibility index (Phi) is 31.9. The van der Waals surface area contributed by atoms with E-state index in [2.05, 4.69) is 24.5 Å². The number of hydrogen-bond donors (Lipinski definition) is 2. The Bertz CT molecular complexity index is 791. The van der Waals surface area contributed by atoms with Crippen molar-refractivity contribution in [2.45, 2.75) is 238 Å². The maximum absolute atomic E-state index is 13.2. The predicted octanol–water partition coefficient (Wildman–Crippen LogP) is 10.2. The first-order chi connectivity index (χ1) is 24.5. The third-order valence-corrected chi connectivity index (χ3v) is 11.0. The molecule has 3 atom stereocenters. The number of nitrogens with zero attached hydrogens (tertiary/aromatic N) is 1. The van der Waals surface area contributed by atoms with E-state index in [0.29, 0.717) is 25.7 Å². The molecule has 0 aromatic heterocycles. The lowest BCUT2D eigenvalue weighted by molar-refractivity contribution is -0.893. The molecule has 0 heterocycles. The highest BCUT2D eigenvalue weighted by molar-refractivity contribution is 5.78. The van der Waals surface area contributed by atoms with E-state index in [9.17, 15) is 19.5 Å². The largest absolute Gasteiger partial charge is 0.544 e. The first-order valence-electron chi connectivity index (χ1n) is 22.1. The molecule has 3 unspecified atom stereocenters. The van der Waals surface area contributed by atoms with Gasteiger partial charge >= 0.3 is 0 Å². The van der Waals surface area contributed by atoms with Gasteiger partial charge < -0.3 is 25.0 Å². The second kappa shape index (κ2) is 33.0. The van der Waals surface area contributed by atoms with Crippen molar-refractivity contribution in [3.05, 3.63) is 0 Å². The van der Waals surface area contributed by atoms with Crippen molar-refractivity contribution in [1.29, 1.82) is 0 Å². The number of nitrogens with one attached hydrogen (secondary N) is 2. The summed E-state index contributed by atoms with van der Waals surface area (Å²) in [7, 11) is 5.58. The number of rotatable bonds is 37. The summed E-state index contributed by atoms with van der Waals surface area (Å²) in [5.74, 6) is -1.68. The van der Waals surface area contributed by atoms with Gasteiger partial charge in [-0.25, -0.2) is 0 Å². The van der Waals surface area contributed by atoms with E-state index in [0.717, 1.165) is 38.5 Å². The molecule has 0 aliphatic carbocycles. The van der Waals surface area contributed by atoms with Crippen LogP contribution in [-0.4, -0.2) is 61.5 Å². The van der Waals surface area contributed by atoms with Crippen LogP contribution in [0.5, 0.6) is 0 Å². The monoisotopic (exact) mass is 722 g/mol. The van der Waals surface area contributed by atoms with Crippen LogP contribution in [0.1, 0.15) is 220 Å². The molecule has 0 saturated carbocycles. The molecule has 0 rings (SSSR count). The molecule has 2 amide bonds. The zero-order valence-electron chi connectivity index (χ0n) is 35.1. The third kappa shape index (κ3) is 26.7. The van der Waals surface area contributed by atoms with E-state index in [1.54, 1.807) is 0 Å². The lowest BCUT2D eigenvalue weighted by Gasteiger charge is -2.45. The first kappa shape index (κ1) is 49.4. The number of amides is 2. The molecule has 302 valence electrons. The maximum atomic E-state index is 13.2. The Labute approximate surface area is 317 Å². The molecule has 0 aliphatic rings. The van der Waals surface area contributed by atoms with Crippen LogP contribution in [0.4, 0.5) is 0 Å². The van der Waals surface area contributed by atoms with Crippen LogP contribution in [0.25, 0.3) is 0 Å². The van der Waals surface area contributed by atoms with E-state index in [-0.39, 0.29) is 28.4 Å². The van der Waals surface area contributed by atoms with Crippen LogP contribution in [0.3, 0.4) is 0 Å². The van der Waals surface area contributed by atoms with Crippen molar-refractivity contribution in [3.63, 3.8) is 0 Å².